The van der Waals surface area contributed by atoms with Gasteiger partial charge in [0.2, 0.25) is 17.8 Å². The molecule has 10 unspecified atom stereocenters. The molecule has 12 aromatic heterocycles. The highest BCUT2D eigenvalue weighted by Gasteiger charge is 2.66. The molecule has 53 nitrogen and oxygen atoms in total. The van der Waals surface area contributed by atoms with Crippen molar-refractivity contribution in [2.45, 2.75) is 143 Å². The summed E-state index contributed by atoms with van der Waals surface area (Å²) in [6.45, 7) is -28.0. The highest BCUT2D eigenvalue weighted by molar-refractivity contribution is 8.44. The minimum absolute atomic E-state index is 0.00700. The monoisotopic (exact) mass is 2160 g/mol. The molecule has 0 spiro atoms. The highest BCUT2D eigenvalue weighted by Crippen LogP contribution is 2.64. The lowest BCUT2D eigenvalue weighted by Crippen LogP contribution is -2.45. The second kappa shape index (κ2) is 36.6. The summed E-state index contributed by atoms with van der Waals surface area (Å²) >= 11 is 32.8. The summed E-state index contributed by atoms with van der Waals surface area (Å²) in [5, 5.41) is 32.0. The number of aliphatic hydroxyl groups excluding tert-OH is 3. The lowest BCUT2D eigenvalue weighted by atomic mass is 10.0. The molecule has 22 rings (SSSR count). The number of alkyl halides is 2. The van der Waals surface area contributed by atoms with Gasteiger partial charge >= 0.3 is 40.4 Å². The Morgan fingerprint density at radius 2 is 0.801 bits per heavy atom. The van der Waals surface area contributed by atoms with Crippen molar-refractivity contribution in [1.82, 2.24) is 87.2 Å². The molecule has 0 saturated carbocycles. The Labute approximate surface area is 797 Å². The molecule has 0 aromatic carbocycles. The molecule has 22 heterocycles. The summed E-state index contributed by atoms with van der Waals surface area (Å²) in [7, 11) is 0. The number of aromatic amines is 3. The summed E-state index contributed by atoms with van der Waals surface area (Å²) in [4.78, 5) is 138. The lowest BCUT2D eigenvalue weighted by molar-refractivity contribution is -0.183. The number of fused-ring (bicyclic) bond motifs is 14. The summed E-state index contributed by atoms with van der Waals surface area (Å²) in [6.07, 6.45) is -12.4. The van der Waals surface area contributed by atoms with Gasteiger partial charge in [-0.05, 0) is 95.4 Å². The number of nitrogens with one attached hydrogen (secondary N) is 3. The Morgan fingerprint density at radius 3 is 1.26 bits per heavy atom. The van der Waals surface area contributed by atoms with Gasteiger partial charge in [0.05, 0.1) is 87.9 Å². The van der Waals surface area contributed by atoms with Gasteiger partial charge in [0.15, 0.2) is 70.7 Å². The number of aliphatic hydroxyl groups is 3. The number of halogens is 2. The Bertz CT molecular complexity index is 6970. The number of pyridine rings is 3. The van der Waals surface area contributed by atoms with Crippen LogP contribution in [0.1, 0.15) is 35.7 Å². The van der Waals surface area contributed by atoms with Crippen LogP contribution < -0.4 is 51.1 Å². The van der Waals surface area contributed by atoms with Crippen molar-refractivity contribution >= 4 is 237 Å². The fourth-order valence-electron chi connectivity index (χ4n) is 17.2. The minimum Gasteiger partial charge on any atom is -0.398 e. The van der Waals surface area contributed by atoms with Crippen LogP contribution in [0.5, 0.6) is 0 Å². The van der Waals surface area contributed by atoms with Gasteiger partial charge in [-0.1, -0.05) is 12.2 Å². The van der Waals surface area contributed by atoms with E-state index >= 15 is 8.78 Å². The van der Waals surface area contributed by atoms with Gasteiger partial charge in [-0.2, -0.15) is 15.0 Å². The fraction of sp³-hybridized carbons (Fsp3) is 0.463. The molecule has 10 saturated heterocycles. The van der Waals surface area contributed by atoms with Crippen LogP contribution in [0, 0.1) is 0 Å². The molecule has 0 aliphatic carbocycles. The maximum atomic E-state index is 16.1. The van der Waals surface area contributed by atoms with Crippen molar-refractivity contribution in [3.05, 3.63) is 124 Å². The number of aromatic nitrogens is 18. The quantitative estimate of drug-likeness (QED) is 0.0835. The van der Waals surface area contributed by atoms with E-state index in [0.717, 1.165) is 23.5 Å². The van der Waals surface area contributed by atoms with Gasteiger partial charge in [0, 0.05) is 70.4 Å². The third kappa shape index (κ3) is 18.3. The maximum absolute atomic E-state index is 16.1. The van der Waals surface area contributed by atoms with E-state index in [0.29, 0.717) is 50.2 Å². The number of nitrogen functional groups attached to an aromatic ring is 6. The average molecular weight is 2160 g/mol. The van der Waals surface area contributed by atoms with Crippen LogP contribution in [-0.4, -0.2) is 281 Å². The number of anilines is 6. The van der Waals surface area contributed by atoms with Crippen molar-refractivity contribution in [2.75, 3.05) is 80.7 Å². The predicted octanol–water partition coefficient (Wildman–Crippen LogP) is 1.92. The Balaban J connectivity index is 0.000000126. The Kier molecular flexibility index (Phi) is 26.1. The van der Waals surface area contributed by atoms with Crippen molar-refractivity contribution in [2.24, 2.45) is 0 Å². The van der Waals surface area contributed by atoms with E-state index in [1.54, 1.807) is 59.6 Å². The van der Waals surface area contributed by atoms with Crippen molar-refractivity contribution < 1.29 is 131 Å². The third-order valence-electron chi connectivity index (χ3n) is 23.4. The minimum atomic E-state index is -4.31. The molecular formula is C67H76F2N24O29P6S8. The molecule has 12 aromatic rings. The number of hydrogen-bond donors (Lipinski definition) is 18. The van der Waals surface area contributed by atoms with E-state index < -0.39 is 234 Å². The fourth-order valence-corrected chi connectivity index (χ4v) is 29.2. The van der Waals surface area contributed by atoms with E-state index in [2.05, 4.69) is 72.1 Å². The predicted molar refractivity (Wildman–Crippen MR) is 497 cm³/mol. The second-order valence-electron chi connectivity index (χ2n) is 31.9. The number of thiol groups is 1. The molecule has 730 valence electrons. The van der Waals surface area contributed by atoms with E-state index in [4.69, 9.17) is 171 Å². The molecule has 10 fully saturated rings. The number of imidazole rings is 3. The summed E-state index contributed by atoms with van der Waals surface area (Å²) in [6, 6.07) is 9.94. The average Bonchev–Trinajstić information content (AvgIpc) is 1.55. The zero-order valence-electron chi connectivity index (χ0n) is 68.5. The number of H-pyrrole nitrogens is 3. The van der Waals surface area contributed by atoms with E-state index in [9.17, 15) is 58.7 Å². The van der Waals surface area contributed by atoms with E-state index in [-0.39, 0.29) is 64.6 Å². The van der Waals surface area contributed by atoms with Gasteiger partial charge in [0.25, 0.3) is 16.7 Å². The lowest BCUT2D eigenvalue weighted by Gasteiger charge is -2.33. The zero-order chi connectivity index (χ0) is 95.8. The molecule has 136 heavy (non-hydrogen) atoms. The SMILES string of the molecule is Nc1nc2c(ncn2[C@@H]2O[C@@H]3COP(O)(=S)O[C@@H]4C5OC[C@]4(COP(O)(=S)OC2[C@H]3O)O[C@H]5n2ccc3c(N)ccnc32)c(=O)[nH]1.Nc1nc2c(ncn2[C@@H]2S[C@@H]3COP(=O)(S)OC4[C@@H](COP(O)(=S)O[C@@H]2[C@@H]3O)O[C@@H](n2ccc3c(N)ccnc32)[C@H]4F)c(=O)[nH]1.Nc1nc2c(ncn2[C@@H]2S[C@@H]3COP(O)(=S)OC4[C@@H](COP(O)(=S)O[C@@H]2[C@@H]3O)O[C@@H](n2ccc3c(N)ccnc32)[C@H]4F)c(=O)[nH]1. The normalized spacial score (nSPS) is 38.4. The zero-order valence-corrected chi connectivity index (χ0v) is 80.4. The molecule has 10 aliphatic heterocycles. The number of hydrogen-bond acceptors (Lipinski definition) is 46. The van der Waals surface area contributed by atoms with Gasteiger partial charge in [-0.3, -0.25) is 74.7 Å². The molecule has 0 amide bonds. The van der Waals surface area contributed by atoms with Crippen LogP contribution in [-0.2, 0) is 142 Å². The van der Waals surface area contributed by atoms with Crippen molar-refractivity contribution in [3.8, 4) is 0 Å². The van der Waals surface area contributed by atoms with Crippen molar-refractivity contribution in [1.29, 1.82) is 0 Å². The largest absolute Gasteiger partial charge is 0.398 e. The first-order valence-electron chi connectivity index (χ1n) is 40.1. The standard InChI is InChI=1S/C23H26N8O11P2S2.2C22H25FN8O9P2S3/c24-10-1-3-26-17-9(10)2-4-30(17)21-15-16-23(40-21,6-36-15)7-38-44(35,46)41-14-13(32)11(5-37-43(34,45)42-16)39-20(14)31-8-27-12-18(31)28-22(25)29-19(12)33;2*23-12-15-10(38-20(12)30-4-2-8-9(24)1-3-26-17(8)30)5-36-41(34,43)40-16-14(32)11(6-37-42(35,44)39-15)45-21(16)31-7-27-13-18(31)28-22(25)29-19(13)33/h1-4,8,11,13-16,20-21,32H,5-7H2,(H2,24,26)(H,34,45)(H,35,46)(H3,25,28,29,33);2*1-4,7,10-12,14-16,20-21,32H,5-6H2,(H2,24,26)(H,34,43)(H,35,44)(H3,25,28,29,33)/t11-,13+,14?,15?,16-,20-,21-,23-,43?,44?;2*10-,11-,12+,14-,15?,16-,20-,21-,41?,42?/m111/s1. The molecule has 10 aliphatic rings. The maximum Gasteiger partial charge on any atom is 0.386 e. The molecular weight excluding hydrogens is 2090 g/mol. The van der Waals surface area contributed by atoms with Gasteiger partial charge < -0.3 is 134 Å². The third-order valence-corrected chi connectivity index (χ3v) is 35.8. The first kappa shape index (κ1) is 96.8. The number of nitrogens with zero attached hydrogens (tertiary/aromatic N) is 15. The topological polar surface area (TPSA) is 736 Å². The molecule has 23 N–H and O–H groups in total. The van der Waals surface area contributed by atoms with E-state index in [1.165, 1.54) is 60.4 Å². The van der Waals surface area contributed by atoms with Crippen LogP contribution in [0.25, 0.3) is 66.6 Å². The first-order chi connectivity index (χ1) is 64.5. The van der Waals surface area contributed by atoms with Crippen LogP contribution in [0.3, 0.4) is 0 Å². The Morgan fingerprint density at radius 1 is 0.426 bits per heavy atom. The molecule has 69 heteroatoms. The number of nitrogens with two attached hydrogens (primary N) is 6. The highest BCUT2D eigenvalue weighted by atomic mass is 32.7. The Hall–Kier alpha value is -6.69. The van der Waals surface area contributed by atoms with Gasteiger partial charge in [-0.15, -0.1) is 23.5 Å². The van der Waals surface area contributed by atoms with Crippen LogP contribution in [0.15, 0.2) is 107 Å². The smallest absolute Gasteiger partial charge is 0.386 e. The summed E-state index contributed by atoms with van der Waals surface area (Å²) < 4.78 is 153. The van der Waals surface area contributed by atoms with Gasteiger partial charge in [-0.25, -0.2) is 43.2 Å². The molecule has 8 bridgehead atoms. The first-order valence-corrected chi connectivity index (χ1v) is 57.7. The molecule has 0 radical (unpaired) electrons. The number of ether oxygens (including phenoxy) is 5. The number of rotatable bonds is 6. The molecule has 30 atom stereocenters. The van der Waals surface area contributed by atoms with Gasteiger partial charge in [0.1, 0.15) is 100 Å². The van der Waals surface area contributed by atoms with Crippen LogP contribution in [0.2, 0.25) is 0 Å². The van der Waals surface area contributed by atoms with Crippen LogP contribution >= 0.6 is 76.2 Å². The second-order valence-corrected chi connectivity index (χ2v) is 51.4. The van der Waals surface area contributed by atoms with Crippen LogP contribution in [0.4, 0.5) is 43.7 Å². The number of thioether (sulfide) groups is 2. The van der Waals surface area contributed by atoms with E-state index in [1.807, 2.05) is 0 Å². The summed E-state index contributed by atoms with van der Waals surface area (Å²) in [5.41, 5.74) is 34.7. The van der Waals surface area contributed by atoms with Crippen molar-refractivity contribution in [3.63, 3.8) is 0 Å². The summed E-state index contributed by atoms with van der Waals surface area (Å²) in [5.74, 6) is -0.545.